The molecule has 2 aromatic rings. The minimum Gasteiger partial charge on any atom is -0.394 e. The topological polar surface area (TPSA) is 122 Å². The van der Waals surface area contributed by atoms with Crippen LogP contribution in [-0.4, -0.2) is 32.1 Å². The highest BCUT2D eigenvalue weighted by Crippen LogP contribution is 2.35. The molecule has 3 N–H and O–H groups in total. The third-order valence-electron chi connectivity index (χ3n) is 3.61. The van der Waals surface area contributed by atoms with E-state index in [1.54, 1.807) is 18.2 Å². The zero-order chi connectivity index (χ0) is 19.5. The van der Waals surface area contributed by atoms with Gasteiger partial charge in [-0.2, -0.15) is 0 Å². The zero-order valence-corrected chi connectivity index (χ0v) is 15.8. The summed E-state index contributed by atoms with van der Waals surface area (Å²) in [5, 5.41) is 24.4. The number of sulfonamides is 1. The lowest BCUT2D eigenvalue weighted by atomic mass is 10.1. The van der Waals surface area contributed by atoms with Gasteiger partial charge in [-0.1, -0.05) is 29.3 Å². The van der Waals surface area contributed by atoms with Crippen LogP contribution in [0.5, 0.6) is 0 Å². The Kier molecular flexibility index (Phi) is 6.43. The molecule has 140 valence electrons. The number of hydrogen-bond acceptors (Lipinski definition) is 6. The maximum absolute atomic E-state index is 11.8. The van der Waals surface area contributed by atoms with Crippen LogP contribution in [0.2, 0.25) is 10.0 Å². The van der Waals surface area contributed by atoms with Gasteiger partial charge in [0.2, 0.25) is 10.0 Å². The molecule has 2 rings (SSSR count). The van der Waals surface area contributed by atoms with E-state index >= 15 is 0 Å². The number of nitro benzene ring substituents is 1. The van der Waals surface area contributed by atoms with E-state index in [-0.39, 0.29) is 20.6 Å². The number of anilines is 1. The van der Waals surface area contributed by atoms with Crippen molar-refractivity contribution in [2.75, 3.05) is 19.0 Å². The number of aliphatic hydroxyl groups excluding tert-OH is 1. The van der Waals surface area contributed by atoms with Gasteiger partial charge < -0.3 is 10.4 Å². The summed E-state index contributed by atoms with van der Waals surface area (Å²) < 4.78 is 25.8. The molecule has 0 heterocycles. The fourth-order valence-corrected chi connectivity index (χ4v) is 3.72. The number of nitro groups is 1. The maximum atomic E-state index is 11.8. The predicted molar refractivity (Wildman–Crippen MR) is 99.3 cm³/mol. The molecule has 0 bridgehead atoms. The van der Waals surface area contributed by atoms with Crippen molar-refractivity contribution < 1.29 is 18.4 Å². The van der Waals surface area contributed by atoms with Crippen LogP contribution < -0.4 is 10.0 Å². The Bertz CT molecular complexity index is 917. The molecule has 0 spiro atoms. The number of nitrogens with zero attached hydrogens (tertiary/aromatic N) is 1. The van der Waals surface area contributed by atoms with Crippen LogP contribution in [0.15, 0.2) is 41.3 Å². The Morgan fingerprint density at radius 2 is 1.85 bits per heavy atom. The second kappa shape index (κ2) is 8.19. The van der Waals surface area contributed by atoms with Crippen LogP contribution in [0.4, 0.5) is 11.4 Å². The first-order chi connectivity index (χ1) is 12.2. The first kappa shape index (κ1) is 20.4. The number of halogens is 2. The quantitative estimate of drug-likeness (QED) is 0.468. The third-order valence-corrected chi connectivity index (χ3v) is 5.68. The molecule has 8 nitrogen and oxygen atoms in total. The summed E-state index contributed by atoms with van der Waals surface area (Å²) in [4.78, 5) is 10.4. The Morgan fingerprint density at radius 3 is 2.35 bits per heavy atom. The summed E-state index contributed by atoms with van der Waals surface area (Å²) in [6.07, 6.45) is 0. The fraction of sp³-hybridized carbons (Fsp3) is 0.200. The standard InChI is InChI=1S/C15H15Cl2N3O5S/c1-18-26(24,25)9-5-6-12(14(7-9)20(22)23)19-13(8-21)15-10(16)3-2-4-11(15)17/h2-7,13,18-19,21H,8H2,1H3. The van der Waals surface area contributed by atoms with Gasteiger partial charge in [-0.3, -0.25) is 10.1 Å². The van der Waals surface area contributed by atoms with Gasteiger partial charge in [-0.15, -0.1) is 0 Å². The zero-order valence-electron chi connectivity index (χ0n) is 13.4. The molecule has 0 aromatic heterocycles. The van der Waals surface area contributed by atoms with Gasteiger partial charge in [0.25, 0.3) is 5.69 Å². The molecule has 0 aliphatic carbocycles. The van der Waals surface area contributed by atoms with E-state index in [1.165, 1.54) is 19.2 Å². The van der Waals surface area contributed by atoms with E-state index < -0.39 is 33.3 Å². The van der Waals surface area contributed by atoms with Gasteiger partial charge in [0.05, 0.1) is 22.5 Å². The molecule has 1 unspecified atom stereocenters. The van der Waals surface area contributed by atoms with Gasteiger partial charge >= 0.3 is 0 Å². The normalized spacial score (nSPS) is 12.6. The highest BCUT2D eigenvalue weighted by atomic mass is 35.5. The average Bonchev–Trinajstić information content (AvgIpc) is 2.60. The Morgan fingerprint density at radius 1 is 1.23 bits per heavy atom. The smallest absolute Gasteiger partial charge is 0.293 e. The molecular weight excluding hydrogens is 405 g/mol. The van der Waals surface area contributed by atoms with Crippen LogP contribution >= 0.6 is 23.2 Å². The minimum absolute atomic E-state index is 0.0140. The largest absolute Gasteiger partial charge is 0.394 e. The molecule has 0 aliphatic rings. The number of hydrogen-bond donors (Lipinski definition) is 3. The number of nitrogens with one attached hydrogen (secondary N) is 2. The van der Waals surface area contributed by atoms with Gasteiger partial charge in [0, 0.05) is 21.7 Å². The molecule has 2 aromatic carbocycles. The third kappa shape index (κ3) is 4.25. The van der Waals surface area contributed by atoms with Crippen molar-refractivity contribution in [1.29, 1.82) is 0 Å². The molecular formula is C15H15Cl2N3O5S. The molecule has 0 radical (unpaired) electrons. The lowest BCUT2D eigenvalue weighted by Gasteiger charge is -2.20. The summed E-state index contributed by atoms with van der Waals surface area (Å²) in [5.74, 6) is 0. The number of rotatable bonds is 7. The van der Waals surface area contributed by atoms with Crippen molar-refractivity contribution in [2.24, 2.45) is 0 Å². The molecule has 0 saturated carbocycles. The summed E-state index contributed by atoms with van der Waals surface area (Å²) in [6, 6.07) is 7.33. The van der Waals surface area contributed by atoms with E-state index in [0.717, 1.165) is 6.07 Å². The van der Waals surface area contributed by atoms with Gasteiger partial charge in [0.15, 0.2) is 0 Å². The Hall–Kier alpha value is -1.91. The second-order valence-electron chi connectivity index (χ2n) is 5.16. The number of aliphatic hydroxyl groups is 1. The summed E-state index contributed by atoms with van der Waals surface area (Å²) >= 11 is 12.2. The lowest BCUT2D eigenvalue weighted by Crippen LogP contribution is -2.19. The van der Waals surface area contributed by atoms with E-state index in [1.807, 2.05) is 0 Å². The molecule has 11 heteroatoms. The van der Waals surface area contributed by atoms with Crippen LogP contribution in [0.3, 0.4) is 0 Å². The number of benzene rings is 2. The highest BCUT2D eigenvalue weighted by molar-refractivity contribution is 7.89. The molecule has 0 aliphatic heterocycles. The van der Waals surface area contributed by atoms with Crippen molar-refractivity contribution in [3.8, 4) is 0 Å². The first-order valence-electron chi connectivity index (χ1n) is 7.24. The Balaban J connectivity index is 2.49. The minimum atomic E-state index is -3.84. The average molecular weight is 420 g/mol. The van der Waals surface area contributed by atoms with Gasteiger partial charge in [0.1, 0.15) is 5.69 Å². The van der Waals surface area contributed by atoms with Crippen molar-refractivity contribution in [3.05, 3.63) is 62.1 Å². The van der Waals surface area contributed by atoms with E-state index in [2.05, 4.69) is 10.0 Å². The van der Waals surface area contributed by atoms with E-state index in [9.17, 15) is 23.6 Å². The molecule has 0 fully saturated rings. The van der Waals surface area contributed by atoms with Crippen molar-refractivity contribution in [3.63, 3.8) is 0 Å². The van der Waals surface area contributed by atoms with Crippen molar-refractivity contribution in [1.82, 2.24) is 4.72 Å². The summed E-state index contributed by atoms with van der Waals surface area (Å²) in [6.45, 7) is -0.447. The molecule has 0 saturated heterocycles. The maximum Gasteiger partial charge on any atom is 0.293 e. The van der Waals surface area contributed by atoms with E-state index in [4.69, 9.17) is 23.2 Å². The molecule has 26 heavy (non-hydrogen) atoms. The SMILES string of the molecule is CNS(=O)(=O)c1ccc(NC(CO)c2c(Cl)cccc2Cl)c([N+](=O)[O-])c1. The van der Waals surface area contributed by atoms with Gasteiger partial charge in [-0.05, 0) is 31.3 Å². The van der Waals surface area contributed by atoms with Crippen molar-refractivity contribution in [2.45, 2.75) is 10.9 Å². The summed E-state index contributed by atoms with van der Waals surface area (Å²) in [7, 11) is -2.64. The van der Waals surface area contributed by atoms with Gasteiger partial charge in [-0.25, -0.2) is 13.1 Å². The van der Waals surface area contributed by atoms with Crippen LogP contribution in [0, 0.1) is 10.1 Å². The molecule has 0 amide bonds. The lowest BCUT2D eigenvalue weighted by molar-refractivity contribution is -0.384. The van der Waals surface area contributed by atoms with Crippen LogP contribution in [0.1, 0.15) is 11.6 Å². The monoisotopic (exact) mass is 419 g/mol. The highest BCUT2D eigenvalue weighted by Gasteiger charge is 2.24. The second-order valence-corrected chi connectivity index (χ2v) is 7.86. The molecule has 1 atom stereocenters. The Labute approximate surface area is 159 Å². The fourth-order valence-electron chi connectivity index (χ4n) is 2.31. The first-order valence-corrected chi connectivity index (χ1v) is 9.48. The predicted octanol–water partition coefficient (Wildman–Crippen LogP) is 2.96. The van der Waals surface area contributed by atoms with Crippen molar-refractivity contribution >= 4 is 44.6 Å². The van der Waals surface area contributed by atoms with Crippen LogP contribution in [-0.2, 0) is 10.0 Å². The van der Waals surface area contributed by atoms with Crippen LogP contribution in [0.25, 0.3) is 0 Å². The summed E-state index contributed by atoms with van der Waals surface area (Å²) in [5.41, 5.74) is -0.0809. The van der Waals surface area contributed by atoms with E-state index in [0.29, 0.717) is 5.56 Å².